The summed E-state index contributed by atoms with van der Waals surface area (Å²) >= 11 is -2.71. The van der Waals surface area contributed by atoms with E-state index >= 15 is 0 Å². The van der Waals surface area contributed by atoms with E-state index in [2.05, 4.69) is 37.6 Å². The summed E-state index contributed by atoms with van der Waals surface area (Å²) in [5.41, 5.74) is 0. The Kier molecular flexibility index (Phi) is 13.6. The third-order valence-corrected chi connectivity index (χ3v) is 9.34. The third kappa shape index (κ3) is 11.9. The molecule has 2 unspecified atom stereocenters. The Hall–Kier alpha value is 0.719. The van der Waals surface area contributed by atoms with Crippen LogP contribution in [0, 0.1) is 11.8 Å². The Labute approximate surface area is 139 Å². The van der Waals surface area contributed by atoms with Gasteiger partial charge in [0.2, 0.25) is 0 Å². The molecular weight excluding hydrogens is 367 g/mol. The second kappa shape index (κ2) is 13.2. The molecule has 0 aromatic heterocycles. The normalized spacial score (nSPS) is 15.1. The van der Waals surface area contributed by atoms with Crippen molar-refractivity contribution < 1.29 is 6.15 Å². The second-order valence-electron chi connectivity index (χ2n) is 6.85. The minimum atomic E-state index is -2.71. The van der Waals surface area contributed by atoms with Gasteiger partial charge in [-0.25, -0.2) is 0 Å². The Morgan fingerprint density at radius 3 is 1.38 bits per heavy atom. The van der Waals surface area contributed by atoms with Gasteiger partial charge in [-0.3, -0.25) is 0 Å². The fraction of sp³-hybridized carbons (Fsp3) is 1.00. The molecule has 0 amide bonds. The summed E-state index contributed by atoms with van der Waals surface area (Å²) in [6.45, 7) is 10.9. The van der Waals surface area contributed by atoms with Crippen molar-refractivity contribution in [2.45, 2.75) is 88.9 Å². The molecule has 0 aromatic rings. The van der Waals surface area contributed by atoms with E-state index < -0.39 is 19.2 Å². The van der Waals surface area contributed by atoms with Crippen molar-refractivity contribution in [3.8, 4) is 0 Å². The summed E-state index contributed by atoms with van der Waals surface area (Å²) in [5, 5.41) is 0. The first-order valence-corrected chi connectivity index (χ1v) is 17.3. The van der Waals surface area contributed by atoms with E-state index in [0.29, 0.717) is 0 Å². The van der Waals surface area contributed by atoms with Gasteiger partial charge in [0.05, 0.1) is 0 Å². The molecule has 0 saturated carbocycles. The van der Waals surface area contributed by atoms with Crippen molar-refractivity contribution >= 4 is 19.2 Å². The predicted octanol–water partition coefficient (Wildman–Crippen LogP) is 6.15. The van der Waals surface area contributed by atoms with E-state index in [9.17, 15) is 0 Å². The monoisotopic (exact) mass is 408 g/mol. The molecule has 0 fully saturated rings. The van der Waals surface area contributed by atoms with Crippen LogP contribution in [-0.4, -0.2) is 32.4 Å². The van der Waals surface area contributed by atoms with Crippen molar-refractivity contribution in [2.75, 3.05) is 13.2 Å². The second-order valence-corrected chi connectivity index (χ2v) is 16.5. The van der Waals surface area contributed by atoms with Crippen molar-refractivity contribution in [1.82, 2.24) is 0 Å². The summed E-state index contributed by atoms with van der Waals surface area (Å²) in [5.74, 6) is 1.46. The van der Waals surface area contributed by atoms with Gasteiger partial charge in [-0.2, -0.15) is 0 Å². The number of rotatable bonds is 14. The van der Waals surface area contributed by atoms with Gasteiger partial charge in [0, 0.05) is 0 Å². The molecule has 2 atom stereocenters. The van der Waals surface area contributed by atoms with E-state index in [1.165, 1.54) is 51.4 Å². The van der Waals surface area contributed by atoms with Gasteiger partial charge in [-0.1, -0.05) is 0 Å². The Morgan fingerprint density at radius 1 is 0.714 bits per heavy atom. The summed E-state index contributed by atoms with van der Waals surface area (Å²) in [4.78, 5) is 4.54. The molecular formula is C18H40O2Sn. The van der Waals surface area contributed by atoms with Crippen molar-refractivity contribution in [3.63, 3.8) is 0 Å². The molecule has 21 heavy (non-hydrogen) atoms. The summed E-state index contributed by atoms with van der Waals surface area (Å²) in [6, 6.07) is 0. The van der Waals surface area contributed by atoms with Gasteiger partial charge in [0.1, 0.15) is 0 Å². The van der Waals surface area contributed by atoms with Crippen LogP contribution >= 0.6 is 0 Å². The first-order valence-electron chi connectivity index (χ1n) is 9.26. The van der Waals surface area contributed by atoms with Gasteiger partial charge < -0.3 is 0 Å². The van der Waals surface area contributed by atoms with Crippen LogP contribution in [0.2, 0.25) is 9.88 Å². The number of hydrogen-bond acceptors (Lipinski definition) is 2. The van der Waals surface area contributed by atoms with Crippen LogP contribution in [-0.2, 0) is 6.15 Å². The Bertz CT molecular complexity index is 209. The topological polar surface area (TPSA) is 18.5 Å². The molecule has 0 aromatic carbocycles. The molecule has 0 saturated heterocycles. The van der Waals surface area contributed by atoms with Crippen LogP contribution in [0.4, 0.5) is 0 Å². The van der Waals surface area contributed by atoms with Crippen molar-refractivity contribution in [2.24, 2.45) is 11.8 Å². The number of unbranched alkanes of at least 4 members (excludes halogenated alkanes) is 2. The fourth-order valence-electron chi connectivity index (χ4n) is 2.47. The molecule has 2 nitrogen and oxygen atoms in total. The first kappa shape index (κ1) is 21.7. The summed E-state index contributed by atoms with van der Waals surface area (Å²) in [6.07, 6.45) is 10.3. The molecule has 3 heteroatoms. The van der Waals surface area contributed by atoms with E-state index in [1.807, 2.05) is 0 Å². The van der Waals surface area contributed by atoms with Crippen molar-refractivity contribution in [1.29, 1.82) is 0 Å². The van der Waals surface area contributed by atoms with Gasteiger partial charge in [0.15, 0.2) is 0 Å². The fourth-order valence-corrected chi connectivity index (χ4v) is 6.35. The van der Waals surface area contributed by atoms with Gasteiger partial charge >= 0.3 is 139 Å². The number of hydrogen-bond donors (Lipinski definition) is 0. The molecule has 0 rings (SSSR count). The summed E-state index contributed by atoms with van der Waals surface area (Å²) in [7, 11) is 0. The van der Waals surface area contributed by atoms with Crippen LogP contribution in [0.5, 0.6) is 0 Å². The maximum absolute atomic E-state index is 6.27. The van der Waals surface area contributed by atoms with E-state index in [0.717, 1.165) is 25.0 Å². The van der Waals surface area contributed by atoms with Crippen LogP contribution in [0.15, 0.2) is 0 Å². The molecule has 0 radical (unpaired) electrons. The Balaban J connectivity index is 4.04. The molecule has 0 spiro atoms. The SMILES string of the molecule is CCCCC(CC)C[O][Sn]([CH3])([CH3])[O]CC(CC)CCCC. The van der Waals surface area contributed by atoms with Crippen LogP contribution in [0.1, 0.15) is 79.1 Å². The van der Waals surface area contributed by atoms with Crippen molar-refractivity contribution in [3.05, 3.63) is 0 Å². The minimum absolute atomic E-state index is 0.728. The quantitative estimate of drug-likeness (QED) is 0.322. The van der Waals surface area contributed by atoms with Crippen LogP contribution in [0.3, 0.4) is 0 Å². The molecule has 0 aliphatic rings. The van der Waals surface area contributed by atoms with Gasteiger partial charge in [0.25, 0.3) is 0 Å². The van der Waals surface area contributed by atoms with E-state index in [1.54, 1.807) is 0 Å². The Morgan fingerprint density at radius 2 is 1.10 bits per heavy atom. The average Bonchev–Trinajstić information content (AvgIpc) is 2.47. The molecule has 0 N–H and O–H groups in total. The third-order valence-electron chi connectivity index (χ3n) is 4.42. The predicted molar refractivity (Wildman–Crippen MR) is 96.0 cm³/mol. The zero-order chi connectivity index (χ0) is 16.1. The first-order chi connectivity index (χ1) is 9.99. The standard InChI is InChI=1S/2C8H17O.2CH3.Sn/c2*1-3-5-6-8(4-2)7-9;;;/h2*8H,3-7H2,1-2H3;2*1H3;/q2*-1;;;+2. The molecule has 0 aliphatic carbocycles. The zero-order valence-electron chi connectivity index (χ0n) is 15.5. The average molecular weight is 407 g/mol. The van der Waals surface area contributed by atoms with Gasteiger partial charge in [-0.05, 0) is 0 Å². The maximum atomic E-state index is 6.27. The molecule has 128 valence electrons. The van der Waals surface area contributed by atoms with Crippen LogP contribution in [0.25, 0.3) is 0 Å². The van der Waals surface area contributed by atoms with E-state index in [4.69, 9.17) is 6.15 Å². The molecule has 0 heterocycles. The summed E-state index contributed by atoms with van der Waals surface area (Å²) < 4.78 is 12.5. The van der Waals surface area contributed by atoms with Crippen LogP contribution < -0.4 is 0 Å². The molecule has 0 aliphatic heterocycles. The molecule has 0 bridgehead atoms. The van der Waals surface area contributed by atoms with Gasteiger partial charge in [-0.15, -0.1) is 0 Å². The zero-order valence-corrected chi connectivity index (χ0v) is 18.4. The van der Waals surface area contributed by atoms with E-state index in [-0.39, 0.29) is 0 Å².